The van der Waals surface area contributed by atoms with E-state index in [1.165, 1.54) is 18.9 Å². The molecule has 328 valence electrons. The van der Waals surface area contributed by atoms with Crippen molar-refractivity contribution in [1.82, 2.24) is 24.3 Å². The minimum atomic E-state index is -1.71. The van der Waals surface area contributed by atoms with Crippen molar-refractivity contribution in [2.75, 3.05) is 27.7 Å². The van der Waals surface area contributed by atoms with Crippen molar-refractivity contribution >= 4 is 23.6 Å². The van der Waals surface area contributed by atoms with E-state index in [4.69, 9.17) is 23.7 Å². The lowest BCUT2D eigenvalue weighted by Gasteiger charge is -2.50. The first-order valence-corrected chi connectivity index (χ1v) is 20.9. The molecule has 2 N–H and O–H groups in total. The summed E-state index contributed by atoms with van der Waals surface area (Å²) in [4.78, 5) is 68.6. The van der Waals surface area contributed by atoms with Crippen molar-refractivity contribution in [2.45, 2.75) is 148 Å². The van der Waals surface area contributed by atoms with Gasteiger partial charge in [0.15, 0.2) is 23.4 Å². The third kappa shape index (κ3) is 9.27. The van der Waals surface area contributed by atoms with Crippen LogP contribution in [-0.4, -0.2) is 140 Å². The number of nitrogens with zero attached hydrogens (tertiary/aromatic N) is 5. The Balaban J connectivity index is 1.44. The number of likely N-dealkylation sites (N-methyl/N-ethyl adjacent to an activating group) is 1. The lowest BCUT2D eigenvalue weighted by atomic mass is 9.73. The Morgan fingerprint density at radius 2 is 1.69 bits per heavy atom. The van der Waals surface area contributed by atoms with Gasteiger partial charge in [-0.2, -0.15) is 0 Å². The van der Waals surface area contributed by atoms with E-state index in [9.17, 15) is 29.4 Å². The standard InChI is InChI=1S/C43H65N5O11/c1-12-32-42(8)35(48(40(53)59-42)19-14-13-18-47-23-31(45-24-47)30-16-15-17-44-22-30)27(4)33(49)25(2)20-41(7,55-11)37(28(5)34(50)29(6)38(52)57-32)58-39-36(51)43(54,46(9)10)21-26(3)56-39/h15-17,22-29,32,35-37,39,51,54H,12-14,18-21H2,1-11H3/t25-,26-,27+,28+,29-,32-,35-,36+,37-,39+,41-,42-,43?/m1/s1. The second kappa shape index (κ2) is 18.4. The van der Waals surface area contributed by atoms with Gasteiger partial charge in [0, 0.05) is 68.5 Å². The molecule has 59 heavy (non-hydrogen) atoms. The normalized spacial score (nSPS) is 37.6. The topological polar surface area (TPSA) is 192 Å². The molecule has 0 radical (unpaired) electrons. The second-order valence-corrected chi connectivity index (χ2v) is 17.5. The predicted molar refractivity (Wildman–Crippen MR) is 215 cm³/mol. The van der Waals surface area contributed by atoms with Crippen LogP contribution in [0.25, 0.3) is 11.3 Å². The molecular weight excluding hydrogens is 762 g/mol. The van der Waals surface area contributed by atoms with Crippen molar-refractivity contribution in [3.05, 3.63) is 37.1 Å². The van der Waals surface area contributed by atoms with Gasteiger partial charge in [-0.3, -0.25) is 24.3 Å². The van der Waals surface area contributed by atoms with Crippen molar-refractivity contribution in [1.29, 1.82) is 0 Å². The van der Waals surface area contributed by atoms with Crippen LogP contribution in [0, 0.1) is 23.7 Å². The number of aryl methyl sites for hydroxylation is 1. The number of aromatic nitrogens is 3. The summed E-state index contributed by atoms with van der Waals surface area (Å²) in [5, 5.41) is 22.9. The number of imidazole rings is 1. The predicted octanol–water partition coefficient (Wildman–Crippen LogP) is 4.25. The van der Waals surface area contributed by atoms with Crippen molar-refractivity contribution < 1.29 is 53.1 Å². The van der Waals surface area contributed by atoms with E-state index < -0.39 is 95.2 Å². The molecule has 2 aromatic heterocycles. The van der Waals surface area contributed by atoms with E-state index >= 15 is 0 Å². The number of carbonyl (C=O) groups is 4. The third-order valence-corrected chi connectivity index (χ3v) is 13.0. The fourth-order valence-corrected chi connectivity index (χ4v) is 9.44. The number of hydrogen-bond donors (Lipinski definition) is 2. The number of esters is 1. The highest BCUT2D eigenvalue weighted by Crippen LogP contribution is 2.43. The molecule has 3 aliphatic rings. The molecule has 5 heterocycles. The van der Waals surface area contributed by atoms with Gasteiger partial charge in [0.25, 0.3) is 0 Å². The van der Waals surface area contributed by atoms with Gasteiger partial charge in [-0.15, -0.1) is 0 Å². The summed E-state index contributed by atoms with van der Waals surface area (Å²) in [6, 6.07) is 2.98. The number of methoxy groups -OCH3 is 1. The molecule has 0 aliphatic carbocycles. The van der Waals surface area contributed by atoms with E-state index in [-0.39, 0.29) is 31.6 Å². The van der Waals surface area contributed by atoms with Crippen LogP contribution in [0.4, 0.5) is 4.79 Å². The molecule has 1 unspecified atom stereocenters. The van der Waals surface area contributed by atoms with E-state index in [0.29, 0.717) is 19.4 Å². The Kier molecular flexibility index (Phi) is 14.5. The number of carbonyl (C=O) groups excluding carboxylic acids is 4. The van der Waals surface area contributed by atoms with Crippen molar-refractivity contribution in [3.63, 3.8) is 0 Å². The maximum absolute atomic E-state index is 14.7. The van der Waals surface area contributed by atoms with Gasteiger partial charge >= 0.3 is 12.1 Å². The fourth-order valence-electron chi connectivity index (χ4n) is 9.44. The summed E-state index contributed by atoms with van der Waals surface area (Å²) in [6.07, 6.45) is 2.56. The molecule has 3 aliphatic heterocycles. The first kappa shape index (κ1) is 46.3. The monoisotopic (exact) mass is 827 g/mol. The lowest BCUT2D eigenvalue weighted by molar-refractivity contribution is -0.342. The first-order valence-electron chi connectivity index (χ1n) is 20.9. The molecule has 13 atom stereocenters. The number of fused-ring (bicyclic) bond motifs is 1. The zero-order chi connectivity index (χ0) is 43.6. The largest absolute Gasteiger partial charge is 0.458 e. The minimum absolute atomic E-state index is 0.0610. The third-order valence-electron chi connectivity index (χ3n) is 13.0. The Bertz CT molecular complexity index is 1790. The van der Waals surface area contributed by atoms with E-state index in [0.717, 1.165) is 11.3 Å². The number of ketones is 2. The van der Waals surface area contributed by atoms with Crippen molar-refractivity contribution in [2.24, 2.45) is 23.7 Å². The molecule has 3 fully saturated rings. The number of amides is 1. The molecule has 3 saturated heterocycles. The molecule has 0 spiro atoms. The fraction of sp³-hybridized carbons (Fsp3) is 0.721. The van der Waals surface area contributed by atoms with E-state index in [2.05, 4.69) is 9.97 Å². The van der Waals surface area contributed by atoms with Crippen LogP contribution in [0.2, 0.25) is 0 Å². The van der Waals surface area contributed by atoms with Gasteiger partial charge < -0.3 is 43.4 Å². The second-order valence-electron chi connectivity index (χ2n) is 17.5. The van der Waals surface area contributed by atoms with Crippen LogP contribution in [-0.2, 0) is 44.6 Å². The van der Waals surface area contributed by atoms with Crippen LogP contribution in [0.5, 0.6) is 0 Å². The minimum Gasteiger partial charge on any atom is -0.458 e. The van der Waals surface area contributed by atoms with Gasteiger partial charge in [0.1, 0.15) is 23.9 Å². The molecule has 0 bridgehead atoms. The summed E-state index contributed by atoms with van der Waals surface area (Å²) < 4.78 is 32.9. The summed E-state index contributed by atoms with van der Waals surface area (Å²) in [5.41, 5.74) is -2.79. The number of aliphatic hydroxyl groups is 2. The zero-order valence-electron chi connectivity index (χ0n) is 36.5. The lowest BCUT2D eigenvalue weighted by Crippen LogP contribution is -2.65. The molecule has 0 saturated carbocycles. The van der Waals surface area contributed by atoms with Crippen molar-refractivity contribution in [3.8, 4) is 11.3 Å². The summed E-state index contributed by atoms with van der Waals surface area (Å²) in [6.45, 7) is 14.5. The number of rotatable bonds is 11. The molecular formula is C43H65N5O11. The van der Waals surface area contributed by atoms with Crippen LogP contribution < -0.4 is 0 Å². The number of hydrogen-bond acceptors (Lipinski definition) is 14. The molecule has 2 aromatic rings. The highest BCUT2D eigenvalue weighted by atomic mass is 16.7. The van der Waals surface area contributed by atoms with E-state index in [1.54, 1.807) is 86.2 Å². The SMILES string of the molecule is CC[C@H]1OC(=O)[C@H](C)C(=O)[C@H](C)[C@@H](O[C@@H]2O[C@H](C)CC(O)(N(C)C)[C@H]2O)[C@](C)(OC)C[C@@H](C)C(=O)[C@H](C)[C@H]2N(CCCCn3cnc(-c4cccnc4)c3)C(=O)O[C@]12C. The Hall–Kier alpha value is -3.80. The van der Waals surface area contributed by atoms with Gasteiger partial charge in [0.05, 0.1) is 35.9 Å². The number of ether oxygens (including phenoxy) is 5. The molecule has 0 aromatic carbocycles. The molecule has 1 amide bonds. The molecule has 5 rings (SSSR count). The Morgan fingerprint density at radius 3 is 2.32 bits per heavy atom. The number of Topliss-reactive ketones (excluding diaryl/α,β-unsaturated/α-hetero) is 2. The van der Waals surface area contributed by atoms with Gasteiger partial charge in [-0.1, -0.05) is 27.7 Å². The number of unbranched alkanes of at least 4 members (excludes halogenated alkanes) is 1. The number of pyridine rings is 1. The number of cyclic esters (lactones) is 1. The molecule has 16 nitrogen and oxygen atoms in total. The van der Waals surface area contributed by atoms with E-state index in [1.807, 2.05) is 22.9 Å². The number of aliphatic hydroxyl groups excluding tert-OH is 1. The van der Waals surface area contributed by atoms with Crippen LogP contribution >= 0.6 is 0 Å². The Labute approximate surface area is 347 Å². The summed E-state index contributed by atoms with van der Waals surface area (Å²) >= 11 is 0. The maximum Gasteiger partial charge on any atom is 0.410 e. The molecule has 16 heteroatoms. The average molecular weight is 828 g/mol. The first-order chi connectivity index (χ1) is 27.7. The summed E-state index contributed by atoms with van der Waals surface area (Å²) in [5.74, 6) is -5.34. The Morgan fingerprint density at radius 1 is 1.00 bits per heavy atom. The quantitative estimate of drug-likeness (QED) is 0.141. The highest BCUT2D eigenvalue weighted by molar-refractivity contribution is 6.00. The van der Waals surface area contributed by atoms with Gasteiger partial charge in [-0.25, -0.2) is 9.78 Å². The van der Waals surface area contributed by atoms with Crippen LogP contribution in [0.3, 0.4) is 0 Å². The zero-order valence-corrected chi connectivity index (χ0v) is 36.5. The average Bonchev–Trinajstić information content (AvgIpc) is 3.78. The highest BCUT2D eigenvalue weighted by Gasteiger charge is 2.60. The van der Waals surface area contributed by atoms with Crippen LogP contribution in [0.15, 0.2) is 37.1 Å². The van der Waals surface area contributed by atoms with Crippen LogP contribution in [0.1, 0.15) is 87.5 Å². The smallest absolute Gasteiger partial charge is 0.410 e. The maximum atomic E-state index is 14.7. The summed E-state index contributed by atoms with van der Waals surface area (Å²) in [7, 11) is 4.71. The van der Waals surface area contributed by atoms with Gasteiger partial charge in [-0.05, 0) is 79.6 Å². The van der Waals surface area contributed by atoms with Gasteiger partial charge in [0.2, 0.25) is 0 Å².